The minimum Gasteiger partial charge on any atom is -0.0602 e. The third-order valence-electron chi connectivity index (χ3n) is 3.78. The van der Waals surface area contributed by atoms with Crippen molar-refractivity contribution in [1.82, 2.24) is 0 Å². The molecule has 0 bridgehead atoms. The number of hydrogen-bond donors (Lipinski definition) is 0. The van der Waals surface area contributed by atoms with Gasteiger partial charge >= 0.3 is 0 Å². The Morgan fingerprint density at radius 2 is 0.625 bits per heavy atom. The van der Waals surface area contributed by atoms with E-state index in [9.17, 15) is 0 Å². The van der Waals surface area contributed by atoms with Crippen LogP contribution in [0, 0.1) is 21.7 Å². The Morgan fingerprint density at radius 1 is 0.438 bits per heavy atom. The Bertz CT molecular complexity index is 191. The van der Waals surface area contributed by atoms with Crippen LogP contribution in [-0.2, 0) is 0 Å². The molecule has 0 aromatic rings. The summed E-state index contributed by atoms with van der Waals surface area (Å²) in [5.41, 5.74) is 1.61. The molecule has 98 valence electrons. The van der Waals surface area contributed by atoms with Crippen LogP contribution in [0.2, 0.25) is 0 Å². The molecule has 0 atom stereocenters. The van der Waals surface area contributed by atoms with Crippen molar-refractivity contribution >= 4 is 0 Å². The van der Waals surface area contributed by atoms with Gasteiger partial charge in [0.1, 0.15) is 0 Å². The maximum Gasteiger partial charge on any atom is -0.0298 e. The molecule has 0 aliphatic rings. The molecule has 0 unspecified atom stereocenters. The van der Waals surface area contributed by atoms with Crippen LogP contribution in [0.25, 0.3) is 0 Å². The third-order valence-corrected chi connectivity index (χ3v) is 3.78. The smallest absolute Gasteiger partial charge is 0.0298 e. The topological polar surface area (TPSA) is 0 Å². The lowest BCUT2D eigenvalue weighted by atomic mass is 9.57. The van der Waals surface area contributed by atoms with Crippen molar-refractivity contribution in [2.75, 3.05) is 0 Å². The predicted octanol–water partition coefficient (Wildman–Crippen LogP) is 5.91. The van der Waals surface area contributed by atoms with Gasteiger partial charge in [-0.1, -0.05) is 69.2 Å². The minimum absolute atomic E-state index is 0.387. The van der Waals surface area contributed by atoms with Gasteiger partial charge in [-0.3, -0.25) is 0 Å². The van der Waals surface area contributed by atoms with Crippen LogP contribution in [-0.4, -0.2) is 0 Å². The van der Waals surface area contributed by atoms with Crippen LogP contribution in [0.15, 0.2) is 0 Å². The fourth-order valence-corrected chi connectivity index (χ4v) is 3.13. The average molecular weight is 226 g/mol. The van der Waals surface area contributed by atoms with Crippen LogP contribution in [0.3, 0.4) is 0 Å². The van der Waals surface area contributed by atoms with Gasteiger partial charge in [-0.2, -0.15) is 0 Å². The predicted molar refractivity (Wildman–Crippen MR) is 75.7 cm³/mol. The van der Waals surface area contributed by atoms with Crippen molar-refractivity contribution in [1.29, 1.82) is 0 Å². The zero-order chi connectivity index (χ0) is 13.4. The molecular weight excluding hydrogens is 192 g/mol. The quantitative estimate of drug-likeness (QED) is 0.561. The van der Waals surface area contributed by atoms with E-state index < -0.39 is 0 Å². The molecule has 0 rings (SSSR count). The van der Waals surface area contributed by atoms with E-state index in [4.69, 9.17) is 0 Å². The van der Waals surface area contributed by atoms with E-state index >= 15 is 0 Å². The molecule has 0 heterocycles. The van der Waals surface area contributed by atoms with Gasteiger partial charge in [-0.25, -0.2) is 0 Å². The van der Waals surface area contributed by atoms with Gasteiger partial charge in [0, 0.05) is 0 Å². The molecule has 0 radical (unpaired) electrons. The van der Waals surface area contributed by atoms with Crippen LogP contribution < -0.4 is 0 Å². The molecule has 0 spiro atoms. The zero-order valence-electron chi connectivity index (χ0n) is 13.4. The van der Waals surface area contributed by atoms with Crippen molar-refractivity contribution in [2.24, 2.45) is 21.7 Å². The lowest BCUT2D eigenvalue weighted by molar-refractivity contribution is 0.0227. The highest BCUT2D eigenvalue weighted by atomic mass is 14.5. The highest BCUT2D eigenvalue weighted by molar-refractivity contribution is 4.91. The molecule has 0 fully saturated rings. The van der Waals surface area contributed by atoms with Crippen LogP contribution in [0.5, 0.6) is 0 Å². The second-order valence-corrected chi connectivity index (χ2v) is 9.24. The zero-order valence-corrected chi connectivity index (χ0v) is 13.4. The second kappa shape index (κ2) is 4.35. The first kappa shape index (κ1) is 16.0. The summed E-state index contributed by atoms with van der Waals surface area (Å²) < 4.78 is 0. The van der Waals surface area contributed by atoms with E-state index in [2.05, 4.69) is 69.2 Å². The summed E-state index contributed by atoms with van der Waals surface area (Å²) in [5.74, 6) is 0. The summed E-state index contributed by atoms with van der Waals surface area (Å²) in [7, 11) is 0. The van der Waals surface area contributed by atoms with Gasteiger partial charge in [-0.05, 0) is 34.5 Å². The van der Waals surface area contributed by atoms with Gasteiger partial charge < -0.3 is 0 Å². The maximum absolute atomic E-state index is 2.43. The van der Waals surface area contributed by atoms with Crippen molar-refractivity contribution in [3.8, 4) is 0 Å². The Hall–Kier alpha value is 0. The molecule has 0 saturated carbocycles. The van der Waals surface area contributed by atoms with Crippen molar-refractivity contribution < 1.29 is 0 Å². The number of rotatable bonds is 3. The van der Waals surface area contributed by atoms with Crippen molar-refractivity contribution in [3.05, 3.63) is 0 Å². The fraction of sp³-hybridized carbons (Fsp3) is 1.00. The molecule has 0 aliphatic carbocycles. The molecule has 16 heavy (non-hydrogen) atoms. The Balaban J connectivity index is 4.85. The molecule has 0 amide bonds. The van der Waals surface area contributed by atoms with Gasteiger partial charge in [-0.15, -0.1) is 0 Å². The Labute approximate surface area is 104 Å². The van der Waals surface area contributed by atoms with E-state index in [1.807, 2.05) is 0 Å². The second-order valence-electron chi connectivity index (χ2n) is 9.24. The molecule has 0 aromatic carbocycles. The SMILES string of the molecule is CC(C)(C)CC(C)(C)C(C)(C)CC(C)(C)C. The highest BCUT2D eigenvalue weighted by Crippen LogP contribution is 2.51. The largest absolute Gasteiger partial charge is 0.0602 e. The lowest BCUT2D eigenvalue weighted by Gasteiger charge is -2.48. The summed E-state index contributed by atoms with van der Waals surface area (Å²) >= 11 is 0. The Morgan fingerprint density at radius 3 is 0.750 bits per heavy atom. The van der Waals surface area contributed by atoms with E-state index in [-0.39, 0.29) is 0 Å². The van der Waals surface area contributed by atoms with Gasteiger partial charge in [0.25, 0.3) is 0 Å². The summed E-state index contributed by atoms with van der Waals surface area (Å²) in [4.78, 5) is 0. The van der Waals surface area contributed by atoms with E-state index in [0.717, 1.165) is 0 Å². The molecule has 0 aliphatic heterocycles. The first-order valence-electron chi connectivity index (χ1n) is 6.66. The van der Waals surface area contributed by atoms with Gasteiger partial charge in [0.2, 0.25) is 0 Å². The summed E-state index contributed by atoms with van der Waals surface area (Å²) in [6.45, 7) is 23.8. The summed E-state index contributed by atoms with van der Waals surface area (Å²) in [6.07, 6.45) is 2.56. The minimum atomic E-state index is 0.387. The van der Waals surface area contributed by atoms with Crippen molar-refractivity contribution in [3.63, 3.8) is 0 Å². The summed E-state index contributed by atoms with van der Waals surface area (Å²) in [5, 5.41) is 0. The average Bonchev–Trinajstić information content (AvgIpc) is 1.72. The van der Waals surface area contributed by atoms with Gasteiger partial charge in [0.05, 0.1) is 0 Å². The summed E-state index contributed by atoms with van der Waals surface area (Å²) in [6, 6.07) is 0. The number of hydrogen-bond acceptors (Lipinski definition) is 0. The van der Waals surface area contributed by atoms with Crippen molar-refractivity contribution in [2.45, 2.75) is 82.1 Å². The van der Waals surface area contributed by atoms with E-state index in [1.54, 1.807) is 0 Å². The highest BCUT2D eigenvalue weighted by Gasteiger charge is 2.41. The molecule has 0 nitrogen and oxygen atoms in total. The first-order chi connectivity index (χ1) is 6.66. The van der Waals surface area contributed by atoms with Crippen LogP contribution in [0.4, 0.5) is 0 Å². The molecule has 0 saturated heterocycles. The molecular formula is C16H34. The normalized spacial score (nSPS) is 15.4. The first-order valence-corrected chi connectivity index (χ1v) is 6.66. The van der Waals surface area contributed by atoms with Crippen LogP contribution in [0.1, 0.15) is 82.1 Å². The lowest BCUT2D eigenvalue weighted by Crippen LogP contribution is -2.38. The fourth-order valence-electron chi connectivity index (χ4n) is 3.13. The standard InChI is InChI=1S/C16H34/c1-13(2,3)11-15(7,8)16(9,10)12-14(4,5)6/h11-12H2,1-10H3. The van der Waals surface area contributed by atoms with Crippen LogP contribution >= 0.6 is 0 Å². The Kier molecular flexibility index (Phi) is 4.35. The monoisotopic (exact) mass is 226 g/mol. The van der Waals surface area contributed by atoms with E-state index in [0.29, 0.717) is 21.7 Å². The molecule has 0 aromatic heterocycles. The third kappa shape index (κ3) is 5.37. The van der Waals surface area contributed by atoms with Gasteiger partial charge in [0.15, 0.2) is 0 Å². The van der Waals surface area contributed by atoms with E-state index in [1.165, 1.54) is 12.8 Å². The maximum atomic E-state index is 2.43. The molecule has 0 N–H and O–H groups in total. The molecule has 0 heteroatoms.